The molecule has 0 unspecified atom stereocenters. The van der Waals surface area contributed by atoms with E-state index < -0.39 is 66.5 Å². The Morgan fingerprint density at radius 3 is 2.31 bits per heavy atom. The molecule has 2 N–H and O–H groups in total. The van der Waals surface area contributed by atoms with Gasteiger partial charge in [-0.25, -0.2) is 31.2 Å². The number of rotatable bonds is 5. The van der Waals surface area contributed by atoms with E-state index in [9.17, 15) is 45.6 Å². The first-order chi connectivity index (χ1) is 18.0. The Bertz CT molecular complexity index is 1810. The summed E-state index contributed by atoms with van der Waals surface area (Å²) in [5.74, 6) is 2.41. The van der Waals surface area contributed by atoms with Crippen LogP contribution in [0, 0.1) is 17.1 Å². The average Bonchev–Trinajstić information content (AvgIpc) is 2.82. The smallest absolute Gasteiger partial charge is 0.335 e. The zero-order chi connectivity index (χ0) is 29.4. The molecule has 1 aromatic heterocycles. The summed E-state index contributed by atoms with van der Waals surface area (Å²) in [5.41, 5.74) is -7.68. The number of aromatic nitrogens is 2. The van der Waals surface area contributed by atoms with Crippen LogP contribution in [-0.4, -0.2) is 29.8 Å². The van der Waals surface area contributed by atoms with Gasteiger partial charge in [0.2, 0.25) is 10.0 Å². The lowest BCUT2D eigenvalue weighted by Crippen LogP contribution is -2.45. The van der Waals surface area contributed by atoms with Crippen LogP contribution in [0.3, 0.4) is 0 Å². The third kappa shape index (κ3) is 5.98. The Balaban J connectivity index is 2.26. The predicted octanol–water partition coefficient (Wildman–Crippen LogP) is 3.06. The number of hydrogen-bond acceptors (Lipinski definition) is 7. The molecule has 0 aliphatic heterocycles. The first-order valence-corrected chi connectivity index (χ1v) is 12.7. The van der Waals surface area contributed by atoms with E-state index in [-0.39, 0.29) is 25.0 Å². The SMILES string of the molecule is CS(=O)(=O)N(C(=O)/C=C/c1ccc(Cl)c(Cl)c1)c1cc(-n2c(=O)cc(C(F)(F)F)n(N)c2=O)c(F)cc1C#N. The van der Waals surface area contributed by atoms with Gasteiger partial charge >= 0.3 is 11.9 Å². The highest BCUT2D eigenvalue weighted by Crippen LogP contribution is 2.30. The highest BCUT2D eigenvalue weighted by atomic mass is 35.5. The first-order valence-electron chi connectivity index (χ1n) is 10.1. The Labute approximate surface area is 226 Å². The Morgan fingerprint density at radius 2 is 1.77 bits per heavy atom. The van der Waals surface area contributed by atoms with Gasteiger partial charge in [0.1, 0.15) is 11.9 Å². The Kier molecular flexibility index (Phi) is 7.97. The molecule has 17 heteroatoms. The molecule has 3 rings (SSSR count). The van der Waals surface area contributed by atoms with E-state index in [4.69, 9.17) is 29.0 Å². The molecule has 0 saturated carbocycles. The molecular formula is C22H13Cl2F4N5O5S. The number of alkyl halides is 3. The molecule has 3 aromatic rings. The molecule has 39 heavy (non-hydrogen) atoms. The molecule has 1 heterocycles. The van der Waals surface area contributed by atoms with E-state index in [0.29, 0.717) is 24.0 Å². The summed E-state index contributed by atoms with van der Waals surface area (Å²) in [5, 5.41) is 9.79. The summed E-state index contributed by atoms with van der Waals surface area (Å²) in [6.45, 7) is 0. The number of nitrogens with two attached hydrogens (primary N) is 1. The molecule has 0 spiro atoms. The van der Waals surface area contributed by atoms with E-state index in [0.717, 1.165) is 12.2 Å². The summed E-state index contributed by atoms with van der Waals surface area (Å²) >= 11 is 11.7. The van der Waals surface area contributed by atoms with E-state index in [1.54, 1.807) is 0 Å². The second-order valence-corrected chi connectivity index (χ2v) is 10.3. The third-order valence-electron chi connectivity index (χ3n) is 4.97. The number of sulfonamides is 1. The molecule has 10 nitrogen and oxygen atoms in total. The van der Waals surface area contributed by atoms with Gasteiger partial charge in [0.25, 0.3) is 11.5 Å². The second kappa shape index (κ2) is 10.6. The van der Waals surface area contributed by atoms with Gasteiger partial charge in [0.15, 0.2) is 5.69 Å². The van der Waals surface area contributed by atoms with E-state index in [2.05, 4.69) is 0 Å². The number of carbonyl (C=O) groups excluding carboxylic acids is 1. The van der Waals surface area contributed by atoms with Crippen molar-refractivity contribution in [3.8, 4) is 11.8 Å². The van der Waals surface area contributed by atoms with Gasteiger partial charge in [-0.3, -0.25) is 9.59 Å². The number of benzene rings is 2. The maximum absolute atomic E-state index is 14.9. The summed E-state index contributed by atoms with van der Waals surface area (Å²) in [6.07, 6.45) is -2.74. The minimum atomic E-state index is -5.22. The molecule has 0 fully saturated rings. The zero-order valence-electron chi connectivity index (χ0n) is 19.2. The topological polar surface area (TPSA) is 148 Å². The molecule has 0 saturated heterocycles. The van der Waals surface area contributed by atoms with Gasteiger partial charge in [-0.2, -0.15) is 18.4 Å². The monoisotopic (exact) mass is 605 g/mol. The fourth-order valence-corrected chi connectivity index (χ4v) is 4.49. The maximum atomic E-state index is 14.9. The summed E-state index contributed by atoms with van der Waals surface area (Å²) in [4.78, 5) is 37.9. The van der Waals surface area contributed by atoms with Crippen LogP contribution in [0.2, 0.25) is 10.0 Å². The van der Waals surface area contributed by atoms with Gasteiger partial charge in [-0.15, -0.1) is 0 Å². The van der Waals surface area contributed by atoms with Crippen molar-refractivity contribution in [1.82, 2.24) is 9.24 Å². The van der Waals surface area contributed by atoms with E-state index in [1.807, 2.05) is 0 Å². The van der Waals surface area contributed by atoms with Crippen LogP contribution in [0.1, 0.15) is 16.8 Å². The predicted molar refractivity (Wildman–Crippen MR) is 134 cm³/mol. The quantitative estimate of drug-likeness (QED) is 0.267. The minimum Gasteiger partial charge on any atom is -0.335 e. The van der Waals surface area contributed by atoms with Crippen molar-refractivity contribution in [1.29, 1.82) is 5.26 Å². The zero-order valence-corrected chi connectivity index (χ0v) is 21.5. The summed E-state index contributed by atoms with van der Waals surface area (Å²) in [7, 11) is -4.57. The van der Waals surface area contributed by atoms with Crippen LogP contribution in [0.25, 0.3) is 11.8 Å². The molecule has 0 aliphatic carbocycles. The van der Waals surface area contributed by atoms with Gasteiger partial charge in [0.05, 0.1) is 33.2 Å². The number of anilines is 1. The first kappa shape index (κ1) is 29.4. The lowest BCUT2D eigenvalue weighted by atomic mass is 10.1. The van der Waals surface area contributed by atoms with Gasteiger partial charge in [0, 0.05) is 12.1 Å². The largest absolute Gasteiger partial charge is 0.433 e. The highest BCUT2D eigenvalue weighted by Gasteiger charge is 2.36. The standard InChI is InChI=1S/C22H13Cl2F4N5O5S/c1-39(37,38)33(19(34)5-3-11-2-4-13(23)14(24)6-11)16-8-17(15(25)7-12(16)10-29)31-20(35)9-18(22(26,27)28)32(30)21(31)36/h2-9H,30H2,1H3/b5-3+. The molecule has 2 aromatic carbocycles. The summed E-state index contributed by atoms with van der Waals surface area (Å²) < 4.78 is 78.9. The number of nitrogens with zero attached hydrogens (tertiary/aromatic N) is 4. The fraction of sp³-hybridized carbons (Fsp3) is 0.0909. The van der Waals surface area contributed by atoms with Crippen LogP contribution in [0.5, 0.6) is 0 Å². The number of halogens is 6. The van der Waals surface area contributed by atoms with E-state index >= 15 is 0 Å². The molecule has 0 bridgehead atoms. The fourth-order valence-electron chi connectivity index (χ4n) is 3.29. The van der Waals surface area contributed by atoms with Crippen LogP contribution < -0.4 is 21.4 Å². The van der Waals surface area contributed by atoms with Crippen LogP contribution >= 0.6 is 23.2 Å². The van der Waals surface area contributed by atoms with Crippen molar-refractivity contribution in [2.75, 3.05) is 16.4 Å². The third-order valence-corrected chi connectivity index (χ3v) is 6.75. The van der Waals surface area contributed by atoms with Crippen molar-refractivity contribution < 1.29 is 30.8 Å². The van der Waals surface area contributed by atoms with Crippen molar-refractivity contribution in [3.05, 3.63) is 96.0 Å². The van der Waals surface area contributed by atoms with E-state index in [1.165, 1.54) is 24.3 Å². The van der Waals surface area contributed by atoms with Gasteiger partial charge < -0.3 is 5.84 Å². The highest BCUT2D eigenvalue weighted by molar-refractivity contribution is 7.92. The van der Waals surface area contributed by atoms with Gasteiger partial charge in [-0.05, 0) is 35.9 Å². The molecule has 0 atom stereocenters. The Hall–Kier alpha value is -4.13. The van der Waals surface area contributed by atoms with Crippen molar-refractivity contribution in [3.63, 3.8) is 0 Å². The molecular weight excluding hydrogens is 593 g/mol. The number of nitriles is 1. The molecule has 204 valence electrons. The van der Waals surface area contributed by atoms with Crippen molar-refractivity contribution in [2.45, 2.75) is 6.18 Å². The normalized spacial score (nSPS) is 11.9. The maximum Gasteiger partial charge on any atom is 0.433 e. The van der Waals surface area contributed by atoms with Crippen molar-refractivity contribution >= 4 is 50.9 Å². The lowest BCUT2D eigenvalue weighted by Gasteiger charge is -2.21. The molecule has 0 radical (unpaired) electrons. The number of carbonyl (C=O) groups is 1. The number of hydrogen-bond donors (Lipinski definition) is 1. The molecule has 1 amide bonds. The minimum absolute atomic E-state index is 0.0681. The number of amides is 1. The number of nitrogen functional groups attached to an aromatic ring is 1. The average molecular weight is 606 g/mol. The van der Waals surface area contributed by atoms with Crippen molar-refractivity contribution in [2.24, 2.45) is 0 Å². The Morgan fingerprint density at radius 1 is 1.13 bits per heavy atom. The van der Waals surface area contributed by atoms with Crippen LogP contribution in [0.4, 0.5) is 23.2 Å². The molecule has 0 aliphatic rings. The second-order valence-electron chi connectivity index (χ2n) is 7.66. The summed E-state index contributed by atoms with van der Waals surface area (Å²) in [6, 6.07) is 6.44. The lowest BCUT2D eigenvalue weighted by molar-refractivity contribution is -0.143. The van der Waals surface area contributed by atoms with Gasteiger partial charge in [-0.1, -0.05) is 29.3 Å². The van der Waals surface area contributed by atoms with Crippen LogP contribution in [0.15, 0.2) is 52.1 Å². The van der Waals surface area contributed by atoms with Crippen LogP contribution in [-0.2, 0) is 21.0 Å².